The molecule has 3 rings (SSSR count). The minimum absolute atomic E-state index is 0.0969. The molecule has 0 amide bonds. The monoisotopic (exact) mass is 431 g/mol. The molecule has 31 heavy (non-hydrogen) atoms. The van der Waals surface area contributed by atoms with Crippen LogP contribution in [0.3, 0.4) is 0 Å². The van der Waals surface area contributed by atoms with Crippen molar-refractivity contribution in [2.24, 2.45) is 5.41 Å². The highest BCUT2D eigenvalue weighted by molar-refractivity contribution is 5.93. The third-order valence-corrected chi connectivity index (χ3v) is 5.15. The van der Waals surface area contributed by atoms with Crippen molar-refractivity contribution >= 4 is 16.9 Å². The van der Waals surface area contributed by atoms with Crippen LogP contribution in [-0.2, 0) is 6.61 Å². The molecule has 0 saturated carbocycles. The van der Waals surface area contributed by atoms with Crippen LogP contribution >= 0.6 is 0 Å². The normalized spacial score (nSPS) is 12.7. The fourth-order valence-corrected chi connectivity index (χ4v) is 3.41. The molecule has 1 heterocycles. The van der Waals surface area contributed by atoms with E-state index >= 15 is 0 Å². The number of nitrogens with zero attached hydrogens (tertiary/aromatic N) is 1. The first-order chi connectivity index (χ1) is 14.5. The Labute approximate surface area is 177 Å². The van der Waals surface area contributed by atoms with Crippen LogP contribution in [0.2, 0.25) is 0 Å². The zero-order valence-corrected chi connectivity index (χ0v) is 17.4. The number of aliphatic hydroxyl groups is 1. The van der Waals surface area contributed by atoms with Crippen molar-refractivity contribution in [3.8, 4) is 5.75 Å². The fourth-order valence-electron chi connectivity index (χ4n) is 3.41. The highest BCUT2D eigenvalue weighted by atomic mass is 19.1. The molecule has 0 aliphatic rings. The van der Waals surface area contributed by atoms with E-state index in [0.29, 0.717) is 5.52 Å². The predicted octanol–water partition coefficient (Wildman–Crippen LogP) is 4.14. The smallest absolute Gasteiger partial charge is 0.341 e. The van der Waals surface area contributed by atoms with E-state index < -0.39 is 40.1 Å². The molecule has 0 aliphatic heterocycles. The van der Waals surface area contributed by atoms with E-state index in [-0.39, 0.29) is 29.9 Å². The molecule has 0 bridgehead atoms. The minimum Gasteiger partial charge on any atom is -0.489 e. The summed E-state index contributed by atoms with van der Waals surface area (Å²) in [6.07, 6.45) is 1.24. The highest BCUT2D eigenvalue weighted by Crippen LogP contribution is 2.33. The van der Waals surface area contributed by atoms with E-state index in [2.05, 4.69) is 0 Å². The van der Waals surface area contributed by atoms with Gasteiger partial charge in [-0.25, -0.2) is 13.6 Å². The Bertz CT molecular complexity index is 1200. The van der Waals surface area contributed by atoms with Crippen molar-refractivity contribution in [2.45, 2.75) is 33.4 Å². The second-order valence-corrected chi connectivity index (χ2v) is 8.35. The number of aromatic nitrogens is 1. The minimum atomic E-state index is -1.38. The van der Waals surface area contributed by atoms with Crippen molar-refractivity contribution in [2.75, 3.05) is 6.61 Å². The number of benzene rings is 2. The second kappa shape index (κ2) is 8.47. The van der Waals surface area contributed by atoms with Gasteiger partial charge in [-0.2, -0.15) is 0 Å². The Morgan fingerprint density at radius 2 is 1.87 bits per heavy atom. The summed E-state index contributed by atoms with van der Waals surface area (Å²) in [5.74, 6) is -2.62. The quantitative estimate of drug-likeness (QED) is 0.613. The molecule has 0 unspecified atom stereocenters. The van der Waals surface area contributed by atoms with Crippen LogP contribution in [0.15, 0.2) is 47.4 Å². The molecule has 164 valence electrons. The number of rotatable bonds is 6. The van der Waals surface area contributed by atoms with Crippen molar-refractivity contribution in [1.29, 1.82) is 0 Å². The number of hydrogen-bond donors (Lipinski definition) is 2. The lowest BCUT2D eigenvalue weighted by atomic mass is 9.86. The number of carboxylic acids is 1. The summed E-state index contributed by atoms with van der Waals surface area (Å²) in [5.41, 5.74) is -0.989. The molecular formula is C23H23F2NO5. The van der Waals surface area contributed by atoms with E-state index in [1.54, 1.807) is 16.7 Å². The van der Waals surface area contributed by atoms with Crippen LogP contribution in [-0.4, -0.2) is 27.4 Å². The topological polar surface area (TPSA) is 88.8 Å². The summed E-state index contributed by atoms with van der Waals surface area (Å²) in [6.45, 7) is 5.22. The highest BCUT2D eigenvalue weighted by Gasteiger charge is 2.28. The van der Waals surface area contributed by atoms with Gasteiger partial charge in [-0.1, -0.05) is 20.8 Å². The average molecular weight is 431 g/mol. The summed E-state index contributed by atoms with van der Waals surface area (Å²) in [5, 5.41) is 19.5. The van der Waals surface area contributed by atoms with Crippen LogP contribution in [0, 0.1) is 17.0 Å². The second-order valence-electron chi connectivity index (χ2n) is 8.35. The zero-order chi connectivity index (χ0) is 22.9. The van der Waals surface area contributed by atoms with Gasteiger partial charge in [0.15, 0.2) is 0 Å². The third kappa shape index (κ3) is 4.59. The first-order valence-corrected chi connectivity index (χ1v) is 9.62. The lowest BCUT2D eigenvalue weighted by molar-refractivity contribution is 0.0692. The Morgan fingerprint density at radius 1 is 1.16 bits per heavy atom. The Balaban J connectivity index is 2.09. The number of carboxylic acid groups (broad SMARTS) is 1. The Morgan fingerprint density at radius 3 is 2.45 bits per heavy atom. The molecule has 2 N–H and O–H groups in total. The number of aromatic carboxylic acids is 1. The van der Waals surface area contributed by atoms with Crippen molar-refractivity contribution in [3.05, 3.63) is 75.6 Å². The molecule has 8 heteroatoms. The maximum atomic E-state index is 13.8. The molecule has 0 fully saturated rings. The first kappa shape index (κ1) is 22.4. The number of pyridine rings is 1. The standard InChI is InChI=1S/C23H23F2NO5/c1-23(2,3)20(11-27)26-10-17(22(29)30)21(28)16-9-15(6-7-19(16)26)31-12-13-4-5-14(24)8-18(13)25/h4-10,20,27H,11-12H2,1-3H3,(H,29,30)/t20-/m1/s1. The van der Waals surface area contributed by atoms with Gasteiger partial charge in [0.1, 0.15) is 29.6 Å². The van der Waals surface area contributed by atoms with Gasteiger partial charge >= 0.3 is 5.97 Å². The molecular weight excluding hydrogens is 408 g/mol. The first-order valence-electron chi connectivity index (χ1n) is 9.62. The molecule has 2 aromatic carbocycles. The van der Waals surface area contributed by atoms with Crippen molar-refractivity contribution in [3.63, 3.8) is 0 Å². The number of fused-ring (bicyclic) bond motifs is 1. The van der Waals surface area contributed by atoms with E-state index in [1.807, 2.05) is 20.8 Å². The number of halogens is 2. The molecule has 0 aliphatic carbocycles. The summed E-state index contributed by atoms with van der Waals surface area (Å²) in [6, 6.07) is 7.17. The molecule has 0 radical (unpaired) electrons. The van der Waals surface area contributed by atoms with Gasteiger partial charge < -0.3 is 19.5 Å². The molecule has 1 atom stereocenters. The SMILES string of the molecule is CC(C)(C)[C@@H](CO)n1cc(C(=O)O)c(=O)c2cc(OCc3ccc(F)cc3F)ccc21. The van der Waals surface area contributed by atoms with Gasteiger partial charge in [-0.05, 0) is 35.7 Å². The largest absolute Gasteiger partial charge is 0.489 e. The molecule has 0 saturated heterocycles. The fraction of sp³-hybridized carbons (Fsp3) is 0.304. The zero-order valence-electron chi connectivity index (χ0n) is 17.4. The van der Waals surface area contributed by atoms with Crippen LogP contribution in [0.1, 0.15) is 42.7 Å². The molecule has 1 aromatic heterocycles. The molecule has 3 aromatic rings. The van der Waals surface area contributed by atoms with E-state index in [1.165, 1.54) is 18.3 Å². The average Bonchev–Trinajstić information content (AvgIpc) is 2.68. The van der Waals surface area contributed by atoms with Gasteiger partial charge in [0, 0.05) is 17.8 Å². The molecule has 6 nitrogen and oxygen atoms in total. The third-order valence-electron chi connectivity index (χ3n) is 5.15. The summed E-state index contributed by atoms with van der Waals surface area (Å²) in [4.78, 5) is 24.4. The number of carbonyl (C=O) groups is 1. The van der Waals surface area contributed by atoms with E-state index in [9.17, 15) is 28.6 Å². The molecule has 0 spiro atoms. The van der Waals surface area contributed by atoms with Gasteiger partial charge in [-0.3, -0.25) is 4.79 Å². The van der Waals surface area contributed by atoms with Gasteiger partial charge in [-0.15, -0.1) is 0 Å². The van der Waals surface area contributed by atoms with Gasteiger partial charge in [0.05, 0.1) is 23.6 Å². The van der Waals surface area contributed by atoms with Crippen LogP contribution in [0.25, 0.3) is 10.9 Å². The lowest BCUT2D eigenvalue weighted by Crippen LogP contribution is -2.30. The predicted molar refractivity (Wildman–Crippen MR) is 111 cm³/mol. The maximum Gasteiger partial charge on any atom is 0.341 e. The summed E-state index contributed by atoms with van der Waals surface area (Å²) < 4.78 is 34.1. The lowest BCUT2D eigenvalue weighted by Gasteiger charge is -2.32. The van der Waals surface area contributed by atoms with Crippen LogP contribution in [0.5, 0.6) is 5.75 Å². The van der Waals surface area contributed by atoms with E-state index in [4.69, 9.17) is 4.74 Å². The summed E-state index contributed by atoms with van der Waals surface area (Å²) in [7, 11) is 0. The Hall–Kier alpha value is -3.26. The Kier molecular flexibility index (Phi) is 6.13. The van der Waals surface area contributed by atoms with Gasteiger partial charge in [0.25, 0.3) is 0 Å². The van der Waals surface area contributed by atoms with Crippen molar-refractivity contribution < 1.29 is 28.5 Å². The van der Waals surface area contributed by atoms with Crippen molar-refractivity contribution in [1.82, 2.24) is 4.57 Å². The van der Waals surface area contributed by atoms with E-state index in [0.717, 1.165) is 12.1 Å². The van der Waals surface area contributed by atoms with Gasteiger partial charge in [0.2, 0.25) is 5.43 Å². The number of aliphatic hydroxyl groups excluding tert-OH is 1. The maximum absolute atomic E-state index is 13.8. The van der Waals surface area contributed by atoms with Crippen LogP contribution in [0.4, 0.5) is 8.78 Å². The number of hydrogen-bond acceptors (Lipinski definition) is 4. The van der Waals surface area contributed by atoms with Crippen LogP contribution < -0.4 is 10.2 Å². The number of ether oxygens (including phenoxy) is 1. The summed E-state index contributed by atoms with van der Waals surface area (Å²) >= 11 is 0.